The third-order valence-electron chi connectivity index (χ3n) is 1.40. The lowest BCUT2D eigenvalue weighted by molar-refractivity contribution is 1.33. The molecule has 2 rings (SSSR count). The maximum atomic E-state index is 8.68. The predicted molar refractivity (Wildman–Crippen MR) is 47.1 cm³/mol. The lowest BCUT2D eigenvalue weighted by atomic mass is 10.3. The van der Waals surface area contributed by atoms with Gasteiger partial charge in [-0.05, 0) is 0 Å². The van der Waals surface area contributed by atoms with Crippen LogP contribution in [0.25, 0.3) is 10.2 Å². The van der Waals surface area contributed by atoms with Crippen LogP contribution in [0.2, 0.25) is 4.47 Å². The standard InChI is InChI=1S/C7H2ClN3S/c8-7-11-6-4(1-9)2-10-3-5(6)12-7/h2-3H. The lowest BCUT2D eigenvalue weighted by Crippen LogP contribution is -1.79. The molecule has 0 saturated heterocycles. The van der Waals surface area contributed by atoms with E-state index in [2.05, 4.69) is 9.97 Å². The molecular weight excluding hydrogens is 194 g/mol. The average Bonchev–Trinajstić information content (AvgIpc) is 2.44. The van der Waals surface area contributed by atoms with Gasteiger partial charge in [-0.3, -0.25) is 4.98 Å². The molecule has 0 aromatic carbocycles. The van der Waals surface area contributed by atoms with Crippen molar-refractivity contribution < 1.29 is 0 Å². The first-order chi connectivity index (χ1) is 5.81. The number of pyridine rings is 1. The van der Waals surface area contributed by atoms with Crippen LogP contribution in [0.15, 0.2) is 12.4 Å². The molecule has 0 fully saturated rings. The SMILES string of the molecule is N#Cc1cncc2sc(Cl)nc12. The van der Waals surface area contributed by atoms with Crippen LogP contribution in [0, 0.1) is 11.3 Å². The van der Waals surface area contributed by atoms with E-state index in [1.165, 1.54) is 17.5 Å². The van der Waals surface area contributed by atoms with Gasteiger partial charge in [-0.25, -0.2) is 4.98 Å². The Hall–Kier alpha value is -1.18. The van der Waals surface area contributed by atoms with E-state index in [0.717, 1.165) is 4.70 Å². The molecule has 0 amide bonds. The molecule has 0 aliphatic heterocycles. The minimum absolute atomic E-state index is 0.439. The highest BCUT2D eigenvalue weighted by Crippen LogP contribution is 2.26. The lowest BCUT2D eigenvalue weighted by Gasteiger charge is -1.86. The normalized spacial score (nSPS) is 10.0. The van der Waals surface area contributed by atoms with Crippen LogP contribution in [-0.4, -0.2) is 9.97 Å². The summed E-state index contributed by atoms with van der Waals surface area (Å²) in [6.07, 6.45) is 3.14. The van der Waals surface area contributed by atoms with Gasteiger partial charge in [0, 0.05) is 12.4 Å². The van der Waals surface area contributed by atoms with Crippen molar-refractivity contribution in [2.45, 2.75) is 0 Å². The number of fused-ring (bicyclic) bond motifs is 1. The molecule has 0 unspecified atom stereocenters. The quantitative estimate of drug-likeness (QED) is 0.648. The molecule has 0 bridgehead atoms. The van der Waals surface area contributed by atoms with Gasteiger partial charge >= 0.3 is 0 Å². The second kappa shape index (κ2) is 2.70. The van der Waals surface area contributed by atoms with Crippen molar-refractivity contribution in [1.82, 2.24) is 9.97 Å². The molecule has 12 heavy (non-hydrogen) atoms. The van der Waals surface area contributed by atoms with Crippen LogP contribution in [0.1, 0.15) is 5.56 Å². The van der Waals surface area contributed by atoms with E-state index in [4.69, 9.17) is 16.9 Å². The predicted octanol–water partition coefficient (Wildman–Crippen LogP) is 2.22. The molecule has 2 aromatic heterocycles. The van der Waals surface area contributed by atoms with E-state index in [9.17, 15) is 0 Å². The summed E-state index contributed by atoms with van der Waals surface area (Å²) in [5.41, 5.74) is 1.11. The summed E-state index contributed by atoms with van der Waals surface area (Å²) >= 11 is 7.00. The topological polar surface area (TPSA) is 49.6 Å². The fraction of sp³-hybridized carbons (Fsp3) is 0. The van der Waals surface area contributed by atoms with Gasteiger partial charge in [-0.15, -0.1) is 11.3 Å². The Morgan fingerprint density at radius 2 is 2.33 bits per heavy atom. The number of aromatic nitrogens is 2. The number of nitriles is 1. The van der Waals surface area contributed by atoms with Gasteiger partial charge in [-0.1, -0.05) is 11.6 Å². The van der Waals surface area contributed by atoms with Crippen molar-refractivity contribution in [3.05, 3.63) is 22.4 Å². The second-order valence-electron chi connectivity index (χ2n) is 2.11. The van der Waals surface area contributed by atoms with Crippen molar-refractivity contribution in [3.63, 3.8) is 0 Å². The summed E-state index contributed by atoms with van der Waals surface area (Å²) in [6, 6.07) is 2.01. The first kappa shape index (κ1) is 7.47. The molecule has 0 atom stereocenters. The molecule has 2 heterocycles. The van der Waals surface area contributed by atoms with E-state index in [0.29, 0.717) is 15.5 Å². The molecule has 58 valence electrons. The van der Waals surface area contributed by atoms with Gasteiger partial charge in [0.05, 0.1) is 10.3 Å². The summed E-state index contributed by atoms with van der Waals surface area (Å²) < 4.78 is 1.29. The molecule has 0 N–H and O–H groups in total. The van der Waals surface area contributed by atoms with Gasteiger partial charge in [0.25, 0.3) is 0 Å². The fourth-order valence-electron chi connectivity index (χ4n) is 0.908. The van der Waals surface area contributed by atoms with Crippen LogP contribution in [0.3, 0.4) is 0 Å². The Kier molecular flexibility index (Phi) is 1.68. The number of thiazole rings is 1. The molecule has 0 saturated carbocycles. The van der Waals surface area contributed by atoms with Gasteiger partial charge in [0.2, 0.25) is 0 Å². The first-order valence-corrected chi connectivity index (χ1v) is 4.31. The molecule has 0 aliphatic rings. The summed E-state index contributed by atoms with van der Waals surface area (Å²) in [6.45, 7) is 0. The van der Waals surface area contributed by atoms with Gasteiger partial charge in [0.15, 0.2) is 4.47 Å². The third kappa shape index (κ3) is 1.04. The zero-order valence-electron chi connectivity index (χ0n) is 5.78. The highest BCUT2D eigenvalue weighted by molar-refractivity contribution is 7.22. The van der Waals surface area contributed by atoms with Gasteiger partial charge in [-0.2, -0.15) is 5.26 Å². The summed E-state index contributed by atoms with van der Waals surface area (Å²) in [4.78, 5) is 7.89. The highest BCUT2D eigenvalue weighted by Gasteiger charge is 2.05. The number of halogens is 1. The number of nitrogens with zero attached hydrogens (tertiary/aromatic N) is 3. The Morgan fingerprint density at radius 1 is 1.50 bits per heavy atom. The van der Waals surface area contributed by atoms with Crippen molar-refractivity contribution in [3.8, 4) is 6.07 Å². The molecule has 5 heteroatoms. The smallest absolute Gasteiger partial charge is 0.184 e. The van der Waals surface area contributed by atoms with E-state index < -0.39 is 0 Å². The van der Waals surface area contributed by atoms with Gasteiger partial charge < -0.3 is 0 Å². The third-order valence-corrected chi connectivity index (χ3v) is 2.49. The fourth-order valence-corrected chi connectivity index (χ4v) is 1.93. The molecule has 0 spiro atoms. The summed E-state index contributed by atoms with van der Waals surface area (Å²) in [5.74, 6) is 0. The maximum Gasteiger partial charge on any atom is 0.184 e. The number of rotatable bonds is 0. The van der Waals surface area contributed by atoms with Crippen LogP contribution in [-0.2, 0) is 0 Å². The zero-order chi connectivity index (χ0) is 8.55. The van der Waals surface area contributed by atoms with Crippen molar-refractivity contribution in [2.75, 3.05) is 0 Å². The molecule has 3 nitrogen and oxygen atoms in total. The monoisotopic (exact) mass is 195 g/mol. The Labute approximate surface area is 77.3 Å². The van der Waals surface area contributed by atoms with E-state index in [1.54, 1.807) is 6.20 Å². The Morgan fingerprint density at radius 3 is 3.08 bits per heavy atom. The number of hydrogen-bond acceptors (Lipinski definition) is 4. The largest absolute Gasteiger partial charge is 0.262 e. The van der Waals surface area contributed by atoms with E-state index in [1.807, 2.05) is 6.07 Å². The molecule has 2 aromatic rings. The van der Waals surface area contributed by atoms with E-state index >= 15 is 0 Å². The minimum Gasteiger partial charge on any atom is -0.262 e. The average molecular weight is 196 g/mol. The van der Waals surface area contributed by atoms with Crippen LogP contribution in [0.5, 0.6) is 0 Å². The first-order valence-electron chi connectivity index (χ1n) is 3.11. The summed E-state index contributed by atoms with van der Waals surface area (Å²) in [5, 5.41) is 8.68. The van der Waals surface area contributed by atoms with Crippen LogP contribution >= 0.6 is 22.9 Å². The molecular formula is C7H2ClN3S. The zero-order valence-corrected chi connectivity index (χ0v) is 7.35. The van der Waals surface area contributed by atoms with Crippen LogP contribution in [0.4, 0.5) is 0 Å². The Balaban J connectivity index is 2.89. The van der Waals surface area contributed by atoms with Crippen molar-refractivity contribution >= 4 is 33.2 Å². The molecule has 0 radical (unpaired) electrons. The maximum absolute atomic E-state index is 8.68. The Bertz CT molecular complexity index is 471. The highest BCUT2D eigenvalue weighted by atomic mass is 35.5. The summed E-state index contributed by atoms with van der Waals surface area (Å²) in [7, 11) is 0. The van der Waals surface area contributed by atoms with Crippen molar-refractivity contribution in [2.24, 2.45) is 0 Å². The van der Waals surface area contributed by atoms with E-state index in [-0.39, 0.29) is 0 Å². The minimum atomic E-state index is 0.439. The number of hydrogen-bond donors (Lipinski definition) is 0. The van der Waals surface area contributed by atoms with Crippen LogP contribution < -0.4 is 0 Å². The molecule has 0 aliphatic carbocycles. The van der Waals surface area contributed by atoms with Crippen molar-refractivity contribution in [1.29, 1.82) is 5.26 Å². The second-order valence-corrected chi connectivity index (χ2v) is 3.73. The van der Waals surface area contributed by atoms with Gasteiger partial charge in [0.1, 0.15) is 11.6 Å².